The monoisotopic (exact) mass is 310 g/mol. The summed E-state index contributed by atoms with van der Waals surface area (Å²) in [5, 5.41) is 15.5. The summed E-state index contributed by atoms with van der Waals surface area (Å²) in [4.78, 5) is 3.97. The van der Waals surface area contributed by atoms with Gasteiger partial charge in [-0.05, 0) is 6.42 Å². The summed E-state index contributed by atoms with van der Waals surface area (Å²) in [5.74, 6) is 0. The Kier molecular flexibility index (Phi) is 4.82. The maximum atomic E-state index is 12.5. The smallest absolute Gasteiger partial charge is 0.395 e. The molecule has 1 saturated heterocycles. The second kappa shape index (κ2) is 6.23. The highest BCUT2D eigenvalue weighted by atomic mass is 32.1. The zero-order chi connectivity index (χ0) is 14.8. The first-order chi connectivity index (χ1) is 9.45. The highest BCUT2D eigenvalue weighted by molar-refractivity contribution is 7.15. The fourth-order valence-corrected chi connectivity index (χ4v) is 3.00. The molecule has 1 atom stereocenters. The normalized spacial score (nSPS) is 19.4. The molecular formula is C11H17F3N4OS. The third-order valence-corrected chi connectivity index (χ3v) is 4.47. The Morgan fingerprint density at radius 1 is 1.25 bits per heavy atom. The Balaban J connectivity index is 1.95. The van der Waals surface area contributed by atoms with E-state index in [2.05, 4.69) is 15.1 Å². The Morgan fingerprint density at radius 2 is 1.90 bits per heavy atom. The van der Waals surface area contributed by atoms with Crippen molar-refractivity contribution in [2.75, 3.05) is 37.7 Å². The first-order valence-electron chi connectivity index (χ1n) is 6.46. The minimum absolute atomic E-state index is 0.105. The van der Waals surface area contributed by atoms with Gasteiger partial charge in [0.05, 0.1) is 6.61 Å². The van der Waals surface area contributed by atoms with Gasteiger partial charge in [0.15, 0.2) is 0 Å². The maximum absolute atomic E-state index is 12.5. The van der Waals surface area contributed by atoms with E-state index in [0.717, 1.165) is 6.42 Å². The van der Waals surface area contributed by atoms with Crippen molar-refractivity contribution >= 4 is 16.5 Å². The van der Waals surface area contributed by atoms with Gasteiger partial charge >= 0.3 is 6.18 Å². The lowest BCUT2D eigenvalue weighted by molar-refractivity contribution is -0.138. The molecule has 114 valence electrons. The number of nitrogens with zero attached hydrogens (tertiary/aromatic N) is 4. The predicted octanol–water partition coefficient (Wildman–Crippen LogP) is 1.45. The summed E-state index contributed by atoms with van der Waals surface area (Å²) in [6.07, 6.45) is -3.57. The molecule has 0 aliphatic carbocycles. The van der Waals surface area contributed by atoms with Crippen LogP contribution in [0.3, 0.4) is 0 Å². The van der Waals surface area contributed by atoms with Crippen LogP contribution in [0.5, 0.6) is 0 Å². The van der Waals surface area contributed by atoms with Gasteiger partial charge < -0.3 is 10.0 Å². The first kappa shape index (κ1) is 15.5. The van der Waals surface area contributed by atoms with E-state index in [0.29, 0.717) is 42.6 Å². The standard InChI is InChI=1S/C11H17F3N4OS/c1-2-8(7-19)17-3-5-18(6-4-17)10-16-15-9(20-10)11(12,13)14/h8,19H,2-7H2,1H3. The van der Waals surface area contributed by atoms with Crippen LogP contribution in [0.4, 0.5) is 18.3 Å². The molecule has 0 amide bonds. The molecule has 5 nitrogen and oxygen atoms in total. The number of aromatic nitrogens is 2. The van der Waals surface area contributed by atoms with Gasteiger partial charge in [-0.2, -0.15) is 13.2 Å². The predicted molar refractivity (Wildman–Crippen MR) is 69.9 cm³/mol. The van der Waals surface area contributed by atoms with E-state index in [1.807, 2.05) is 11.8 Å². The van der Waals surface area contributed by atoms with Gasteiger partial charge in [-0.25, -0.2) is 0 Å². The van der Waals surface area contributed by atoms with Gasteiger partial charge in [0.1, 0.15) is 0 Å². The van der Waals surface area contributed by atoms with Gasteiger partial charge in [-0.1, -0.05) is 18.3 Å². The molecule has 2 rings (SSSR count). The van der Waals surface area contributed by atoms with Crippen molar-refractivity contribution in [2.24, 2.45) is 0 Å². The summed E-state index contributed by atoms with van der Waals surface area (Å²) >= 11 is 0.578. The Morgan fingerprint density at radius 3 is 2.35 bits per heavy atom. The van der Waals surface area contributed by atoms with Gasteiger partial charge in [-0.15, -0.1) is 10.2 Å². The fraction of sp³-hybridized carbons (Fsp3) is 0.818. The second-order valence-electron chi connectivity index (χ2n) is 4.66. The van der Waals surface area contributed by atoms with Crippen LogP contribution >= 0.6 is 11.3 Å². The number of halogens is 3. The Labute approximate surface area is 119 Å². The summed E-state index contributed by atoms with van der Waals surface area (Å²) in [7, 11) is 0. The highest BCUT2D eigenvalue weighted by Crippen LogP contribution is 2.34. The SMILES string of the molecule is CCC(CO)N1CCN(c2nnc(C(F)(F)F)s2)CC1. The molecule has 1 N–H and O–H groups in total. The number of alkyl halides is 3. The van der Waals surface area contributed by atoms with Crippen molar-refractivity contribution in [2.45, 2.75) is 25.6 Å². The zero-order valence-corrected chi connectivity index (χ0v) is 11.9. The number of hydrogen-bond donors (Lipinski definition) is 1. The summed E-state index contributed by atoms with van der Waals surface area (Å²) < 4.78 is 37.4. The first-order valence-corrected chi connectivity index (χ1v) is 7.28. The molecule has 1 aromatic rings. The van der Waals surface area contributed by atoms with Crippen molar-refractivity contribution in [3.8, 4) is 0 Å². The van der Waals surface area contributed by atoms with Crippen LogP contribution in [0.1, 0.15) is 18.4 Å². The molecule has 1 aromatic heterocycles. The molecular weight excluding hydrogens is 293 g/mol. The third-order valence-electron chi connectivity index (χ3n) is 3.44. The number of aliphatic hydroxyl groups is 1. The number of aliphatic hydroxyl groups excluding tert-OH is 1. The topological polar surface area (TPSA) is 52.5 Å². The second-order valence-corrected chi connectivity index (χ2v) is 5.61. The lowest BCUT2D eigenvalue weighted by Gasteiger charge is -2.38. The van der Waals surface area contributed by atoms with Gasteiger partial charge in [0.25, 0.3) is 0 Å². The molecule has 1 aliphatic rings. The lowest BCUT2D eigenvalue weighted by atomic mass is 10.2. The van der Waals surface area contributed by atoms with E-state index in [-0.39, 0.29) is 12.6 Å². The molecule has 2 heterocycles. The maximum Gasteiger partial charge on any atom is 0.445 e. The number of rotatable bonds is 4. The van der Waals surface area contributed by atoms with Crippen molar-refractivity contribution < 1.29 is 18.3 Å². The Hall–Kier alpha value is -0.930. The summed E-state index contributed by atoms with van der Waals surface area (Å²) in [5.41, 5.74) is 0. The Bertz CT molecular complexity index is 428. The van der Waals surface area contributed by atoms with Crippen molar-refractivity contribution in [1.82, 2.24) is 15.1 Å². The molecule has 1 aliphatic heterocycles. The number of anilines is 1. The van der Waals surface area contributed by atoms with Crippen molar-refractivity contribution in [3.63, 3.8) is 0 Å². The molecule has 20 heavy (non-hydrogen) atoms. The van der Waals surface area contributed by atoms with Crippen LogP contribution in [-0.4, -0.2) is 59.0 Å². The van der Waals surface area contributed by atoms with Crippen LogP contribution in [0.25, 0.3) is 0 Å². The van der Waals surface area contributed by atoms with Gasteiger partial charge in [0.2, 0.25) is 10.1 Å². The molecule has 0 spiro atoms. The molecule has 0 radical (unpaired) electrons. The van der Waals surface area contributed by atoms with Gasteiger partial charge in [0, 0.05) is 32.2 Å². The number of piperazine rings is 1. The average molecular weight is 310 g/mol. The minimum Gasteiger partial charge on any atom is -0.395 e. The van der Waals surface area contributed by atoms with E-state index >= 15 is 0 Å². The third kappa shape index (κ3) is 3.39. The molecule has 1 fully saturated rings. The minimum atomic E-state index is -4.43. The van der Waals surface area contributed by atoms with E-state index < -0.39 is 11.2 Å². The lowest BCUT2D eigenvalue weighted by Crippen LogP contribution is -2.51. The van der Waals surface area contributed by atoms with E-state index in [4.69, 9.17) is 0 Å². The molecule has 0 bridgehead atoms. The summed E-state index contributed by atoms with van der Waals surface area (Å²) in [6.45, 7) is 4.73. The largest absolute Gasteiger partial charge is 0.445 e. The van der Waals surface area contributed by atoms with Crippen LogP contribution < -0.4 is 4.90 Å². The van der Waals surface area contributed by atoms with E-state index in [9.17, 15) is 18.3 Å². The van der Waals surface area contributed by atoms with Crippen LogP contribution in [0, 0.1) is 0 Å². The molecule has 0 saturated carbocycles. The molecule has 1 unspecified atom stereocenters. The zero-order valence-electron chi connectivity index (χ0n) is 11.1. The van der Waals surface area contributed by atoms with Crippen LogP contribution in [-0.2, 0) is 6.18 Å². The fourth-order valence-electron chi connectivity index (χ4n) is 2.24. The number of hydrogen-bond acceptors (Lipinski definition) is 6. The van der Waals surface area contributed by atoms with Crippen LogP contribution in [0.2, 0.25) is 0 Å². The highest BCUT2D eigenvalue weighted by Gasteiger charge is 2.36. The summed E-state index contributed by atoms with van der Waals surface area (Å²) in [6, 6.07) is 0.123. The molecule has 9 heteroatoms. The average Bonchev–Trinajstić information content (AvgIpc) is 2.90. The van der Waals surface area contributed by atoms with Crippen LogP contribution in [0.15, 0.2) is 0 Å². The quantitative estimate of drug-likeness (QED) is 0.912. The van der Waals surface area contributed by atoms with Gasteiger partial charge in [-0.3, -0.25) is 4.90 Å². The van der Waals surface area contributed by atoms with E-state index in [1.54, 1.807) is 0 Å². The van der Waals surface area contributed by atoms with Crippen molar-refractivity contribution in [3.05, 3.63) is 5.01 Å². The van der Waals surface area contributed by atoms with E-state index in [1.165, 1.54) is 0 Å². The van der Waals surface area contributed by atoms with Crippen molar-refractivity contribution in [1.29, 1.82) is 0 Å². The molecule has 0 aromatic carbocycles.